The van der Waals surface area contributed by atoms with Crippen molar-refractivity contribution in [1.82, 2.24) is 0 Å². The Bertz CT molecular complexity index is 744. The first-order valence-electron chi connectivity index (χ1n) is 5.85. The molecule has 108 valence electrons. The summed E-state index contributed by atoms with van der Waals surface area (Å²) in [4.78, 5) is 23.3. The summed E-state index contributed by atoms with van der Waals surface area (Å²) in [5.74, 6) is -0.185. The number of hydrogen-bond acceptors (Lipinski definition) is 4. The summed E-state index contributed by atoms with van der Waals surface area (Å²) in [6, 6.07) is 4.61. The molecule has 3 rings (SSSR count). The van der Waals surface area contributed by atoms with E-state index in [9.17, 15) is 9.59 Å². The highest BCUT2D eigenvalue weighted by Gasteiger charge is 2.20. The Hall–Kier alpha value is -1.99. The van der Waals surface area contributed by atoms with Crippen molar-refractivity contribution in [3.63, 3.8) is 0 Å². The molecular weight excluding hydrogens is 364 g/mol. The molecule has 0 radical (unpaired) electrons. The van der Waals surface area contributed by atoms with Gasteiger partial charge >= 0.3 is 0 Å². The predicted octanol–water partition coefficient (Wildman–Crippen LogP) is 3.28. The van der Waals surface area contributed by atoms with Crippen LogP contribution in [0.3, 0.4) is 0 Å². The van der Waals surface area contributed by atoms with Crippen LogP contribution in [0, 0.1) is 0 Å². The third-order valence-electron chi connectivity index (χ3n) is 2.81. The number of nitrogens with one attached hydrogen (secondary N) is 2. The highest BCUT2D eigenvalue weighted by molar-refractivity contribution is 9.10. The number of carbonyl (C=O) groups is 2. The minimum Gasteiger partial charge on any atom is -0.482 e. The van der Waals surface area contributed by atoms with Crippen LogP contribution in [-0.4, -0.2) is 18.4 Å². The van der Waals surface area contributed by atoms with E-state index in [1.54, 1.807) is 6.07 Å². The van der Waals surface area contributed by atoms with Gasteiger partial charge in [0, 0.05) is 6.07 Å². The van der Waals surface area contributed by atoms with Crippen molar-refractivity contribution in [1.29, 1.82) is 0 Å². The van der Waals surface area contributed by atoms with Gasteiger partial charge in [-0.1, -0.05) is 11.6 Å². The number of amides is 2. The summed E-state index contributed by atoms with van der Waals surface area (Å²) in [5.41, 5.74) is 1.20. The van der Waals surface area contributed by atoms with Crippen molar-refractivity contribution < 1.29 is 18.7 Å². The van der Waals surface area contributed by atoms with Gasteiger partial charge in [0.1, 0.15) is 5.75 Å². The second-order valence-electron chi connectivity index (χ2n) is 4.23. The second-order valence-corrected chi connectivity index (χ2v) is 5.35. The normalized spacial score (nSPS) is 13.1. The van der Waals surface area contributed by atoms with Gasteiger partial charge in [-0.05, 0) is 28.1 Å². The van der Waals surface area contributed by atoms with Crippen LogP contribution >= 0.6 is 27.5 Å². The van der Waals surface area contributed by atoms with Crippen LogP contribution in [-0.2, 0) is 4.79 Å². The highest BCUT2D eigenvalue weighted by Crippen LogP contribution is 2.36. The smallest absolute Gasteiger partial charge is 0.262 e. The van der Waals surface area contributed by atoms with Gasteiger partial charge < -0.3 is 19.8 Å². The summed E-state index contributed by atoms with van der Waals surface area (Å²) in [6.07, 6.45) is 1.39. The maximum Gasteiger partial charge on any atom is 0.262 e. The van der Waals surface area contributed by atoms with Crippen LogP contribution in [0.25, 0.3) is 0 Å². The first-order valence-corrected chi connectivity index (χ1v) is 7.02. The molecule has 0 unspecified atom stereocenters. The van der Waals surface area contributed by atoms with E-state index in [4.69, 9.17) is 20.8 Å². The lowest BCUT2D eigenvalue weighted by atomic mass is 10.2. The molecule has 2 N–H and O–H groups in total. The Morgan fingerprint density at radius 2 is 2.24 bits per heavy atom. The quantitative estimate of drug-likeness (QED) is 0.849. The molecule has 2 amide bonds. The van der Waals surface area contributed by atoms with E-state index in [0.29, 0.717) is 27.4 Å². The molecule has 1 aromatic carbocycles. The van der Waals surface area contributed by atoms with Gasteiger partial charge in [-0.3, -0.25) is 9.59 Å². The molecule has 1 aromatic heterocycles. The number of halogens is 2. The fraction of sp³-hybridized carbons (Fsp3) is 0.0769. The molecule has 0 saturated heterocycles. The monoisotopic (exact) mass is 370 g/mol. The van der Waals surface area contributed by atoms with E-state index >= 15 is 0 Å². The van der Waals surface area contributed by atoms with Crippen LogP contribution in [0.2, 0.25) is 5.02 Å². The van der Waals surface area contributed by atoms with Gasteiger partial charge in [-0.15, -0.1) is 0 Å². The number of hydrogen-bond donors (Lipinski definition) is 2. The third kappa shape index (κ3) is 2.74. The Morgan fingerprint density at radius 1 is 1.43 bits per heavy atom. The largest absolute Gasteiger partial charge is 0.482 e. The topological polar surface area (TPSA) is 80.6 Å². The molecule has 1 aliphatic rings. The average molecular weight is 372 g/mol. The Balaban J connectivity index is 1.88. The lowest BCUT2D eigenvalue weighted by molar-refractivity contribution is -0.118. The molecule has 8 heteroatoms. The fourth-order valence-corrected chi connectivity index (χ4v) is 2.47. The Kier molecular flexibility index (Phi) is 3.60. The lowest BCUT2D eigenvalue weighted by Crippen LogP contribution is -2.25. The van der Waals surface area contributed by atoms with Crippen molar-refractivity contribution in [3.8, 4) is 5.75 Å². The molecule has 2 heterocycles. The van der Waals surface area contributed by atoms with E-state index in [0.717, 1.165) is 0 Å². The minimum absolute atomic E-state index is 0.0741. The van der Waals surface area contributed by atoms with Crippen LogP contribution in [0.1, 0.15) is 10.4 Å². The van der Waals surface area contributed by atoms with E-state index in [1.165, 1.54) is 18.4 Å². The van der Waals surface area contributed by atoms with Crippen molar-refractivity contribution in [3.05, 3.63) is 39.7 Å². The van der Waals surface area contributed by atoms with Crippen LogP contribution in [0.4, 0.5) is 11.4 Å². The summed E-state index contributed by atoms with van der Waals surface area (Å²) in [7, 11) is 0. The molecule has 0 saturated carbocycles. The molecule has 0 atom stereocenters. The molecule has 1 aliphatic heterocycles. The van der Waals surface area contributed by atoms with E-state index < -0.39 is 0 Å². The third-order valence-corrected chi connectivity index (χ3v) is 3.74. The first-order chi connectivity index (χ1) is 10.0. The molecule has 2 aromatic rings. The van der Waals surface area contributed by atoms with Gasteiger partial charge in [0.2, 0.25) is 0 Å². The van der Waals surface area contributed by atoms with E-state index in [-0.39, 0.29) is 23.4 Å². The molecule has 0 aliphatic carbocycles. The number of carbonyl (C=O) groups excluding carboxylic acids is 2. The molecule has 0 bridgehead atoms. The zero-order chi connectivity index (χ0) is 15.0. The summed E-state index contributed by atoms with van der Waals surface area (Å²) < 4.78 is 10.6. The lowest BCUT2D eigenvalue weighted by Gasteiger charge is -2.19. The molecule has 6 nitrogen and oxygen atoms in total. The van der Waals surface area contributed by atoms with Gasteiger partial charge in [0.25, 0.3) is 11.8 Å². The number of furan rings is 1. The van der Waals surface area contributed by atoms with E-state index in [1.807, 2.05) is 0 Å². The van der Waals surface area contributed by atoms with Crippen LogP contribution in [0.15, 0.2) is 33.5 Å². The van der Waals surface area contributed by atoms with E-state index in [2.05, 4.69) is 26.6 Å². The number of rotatable bonds is 2. The van der Waals surface area contributed by atoms with Gasteiger partial charge in [-0.2, -0.15) is 0 Å². The maximum atomic E-state index is 12.1. The standard InChI is InChI=1S/C13H8BrClN2O4/c14-12-6(1-2-20-12)13(19)17-8-4-10-9(3-7(8)15)16-11(18)5-21-10/h1-4H,5H2,(H,16,18)(H,17,19). The number of anilines is 2. The Morgan fingerprint density at radius 3 is 2.95 bits per heavy atom. The summed E-state index contributed by atoms with van der Waals surface area (Å²) in [6.45, 7) is -0.0741. The number of fused-ring (bicyclic) bond motifs is 1. The minimum atomic E-state index is -0.377. The maximum absolute atomic E-state index is 12.1. The van der Waals surface area contributed by atoms with Crippen molar-refractivity contribution in [2.75, 3.05) is 17.2 Å². The number of benzene rings is 1. The molecule has 0 fully saturated rings. The van der Waals surface area contributed by atoms with Gasteiger partial charge in [0.15, 0.2) is 11.3 Å². The van der Waals surface area contributed by atoms with Crippen molar-refractivity contribution in [2.24, 2.45) is 0 Å². The second kappa shape index (κ2) is 5.42. The van der Waals surface area contributed by atoms with Gasteiger partial charge in [0.05, 0.1) is 28.2 Å². The van der Waals surface area contributed by atoms with Crippen molar-refractivity contribution >= 4 is 50.7 Å². The summed E-state index contributed by atoms with van der Waals surface area (Å²) >= 11 is 9.23. The summed E-state index contributed by atoms with van der Waals surface area (Å²) in [5, 5.41) is 5.58. The Labute approximate surface area is 132 Å². The van der Waals surface area contributed by atoms with Crippen molar-refractivity contribution in [2.45, 2.75) is 0 Å². The SMILES string of the molecule is O=C1COc2cc(NC(=O)c3ccoc3Br)c(Cl)cc2N1. The van der Waals surface area contributed by atoms with Crippen LogP contribution in [0.5, 0.6) is 5.75 Å². The zero-order valence-electron chi connectivity index (χ0n) is 10.4. The number of ether oxygens (including phenoxy) is 1. The molecule has 0 spiro atoms. The zero-order valence-corrected chi connectivity index (χ0v) is 12.7. The molecule has 21 heavy (non-hydrogen) atoms. The first kappa shape index (κ1) is 14.0. The predicted molar refractivity (Wildman–Crippen MR) is 79.9 cm³/mol. The highest BCUT2D eigenvalue weighted by atomic mass is 79.9. The van der Waals surface area contributed by atoms with Crippen LogP contribution < -0.4 is 15.4 Å². The fourth-order valence-electron chi connectivity index (χ4n) is 1.84. The average Bonchev–Trinajstić information content (AvgIpc) is 2.86. The van der Waals surface area contributed by atoms with Gasteiger partial charge in [-0.25, -0.2) is 0 Å². The molecular formula is C13H8BrClN2O4.